The summed E-state index contributed by atoms with van der Waals surface area (Å²) in [6.45, 7) is -1.19. The minimum Gasteiger partial charge on any atom is -0.396 e. The maximum absolute atomic E-state index is 11.8. The molecule has 1 heterocycles. The molecule has 0 unspecified atom stereocenters. The first-order chi connectivity index (χ1) is 6.38. The van der Waals surface area contributed by atoms with Crippen LogP contribution >= 0.6 is 11.6 Å². The third-order valence-corrected chi connectivity index (χ3v) is 1.56. The highest BCUT2D eigenvalue weighted by molar-refractivity contribution is 6.29. The van der Waals surface area contributed by atoms with Crippen LogP contribution in [0.25, 0.3) is 0 Å². The molecule has 3 N–H and O–H groups in total. The van der Waals surface area contributed by atoms with Crippen LogP contribution in [0, 0.1) is 0 Å². The average Bonchev–Trinajstić information content (AvgIpc) is 2.05. The number of hydrogen-bond acceptors (Lipinski definition) is 3. The number of aromatic nitrogens is 1. The lowest BCUT2D eigenvalue weighted by Crippen LogP contribution is -2.22. The largest absolute Gasteiger partial charge is 0.405 e. The van der Waals surface area contributed by atoms with Gasteiger partial charge in [0.25, 0.3) is 0 Å². The van der Waals surface area contributed by atoms with Crippen LogP contribution in [0.15, 0.2) is 12.1 Å². The van der Waals surface area contributed by atoms with Gasteiger partial charge in [0.15, 0.2) is 5.82 Å². The lowest BCUT2D eigenvalue weighted by atomic mass is 10.4. The van der Waals surface area contributed by atoms with Crippen molar-refractivity contribution >= 4 is 23.1 Å². The van der Waals surface area contributed by atoms with Crippen LogP contribution in [0.2, 0.25) is 5.15 Å². The summed E-state index contributed by atoms with van der Waals surface area (Å²) in [6.07, 6.45) is -4.31. The first kappa shape index (κ1) is 10.9. The van der Waals surface area contributed by atoms with Gasteiger partial charge >= 0.3 is 6.18 Å². The van der Waals surface area contributed by atoms with Crippen molar-refractivity contribution in [2.75, 3.05) is 17.6 Å². The van der Waals surface area contributed by atoms with Gasteiger partial charge in [-0.1, -0.05) is 11.6 Å². The number of nitrogen functional groups attached to an aromatic ring is 1. The van der Waals surface area contributed by atoms with Gasteiger partial charge in [0.05, 0.1) is 5.69 Å². The Bertz CT molecular complexity index is 326. The molecule has 14 heavy (non-hydrogen) atoms. The Balaban J connectivity index is 2.72. The number of halogens is 4. The minimum absolute atomic E-state index is 0.0603. The summed E-state index contributed by atoms with van der Waals surface area (Å²) in [4.78, 5) is 3.61. The lowest BCUT2D eigenvalue weighted by Gasteiger charge is -2.10. The zero-order valence-electron chi connectivity index (χ0n) is 6.90. The fraction of sp³-hybridized carbons (Fsp3) is 0.286. The molecule has 0 spiro atoms. The van der Waals surface area contributed by atoms with E-state index in [9.17, 15) is 13.2 Å². The molecular weight excluding hydrogens is 219 g/mol. The maximum atomic E-state index is 11.8. The van der Waals surface area contributed by atoms with E-state index < -0.39 is 12.7 Å². The second-order valence-electron chi connectivity index (χ2n) is 2.54. The van der Waals surface area contributed by atoms with E-state index in [1.165, 1.54) is 12.1 Å². The topological polar surface area (TPSA) is 50.9 Å². The Morgan fingerprint density at radius 1 is 1.43 bits per heavy atom. The van der Waals surface area contributed by atoms with Crippen molar-refractivity contribution in [3.63, 3.8) is 0 Å². The molecule has 1 rings (SSSR count). The average molecular weight is 226 g/mol. The van der Waals surface area contributed by atoms with Crippen molar-refractivity contribution in [1.82, 2.24) is 4.98 Å². The summed E-state index contributed by atoms with van der Waals surface area (Å²) >= 11 is 5.48. The number of alkyl halides is 3. The van der Waals surface area contributed by atoms with Gasteiger partial charge in [-0.3, -0.25) is 0 Å². The highest BCUT2D eigenvalue weighted by Crippen LogP contribution is 2.21. The Labute approximate surface area is 83.1 Å². The van der Waals surface area contributed by atoms with Gasteiger partial charge < -0.3 is 11.1 Å². The summed E-state index contributed by atoms with van der Waals surface area (Å²) in [6, 6.07) is 2.78. The van der Waals surface area contributed by atoms with Crippen molar-refractivity contribution < 1.29 is 13.2 Å². The van der Waals surface area contributed by atoms with Gasteiger partial charge in [-0.15, -0.1) is 0 Å². The standard InChI is InChI=1S/C7H7ClF3N3/c8-5-2-1-4(12)6(14-5)13-3-7(9,10)11/h1-2H,3,12H2,(H,13,14). The number of rotatable bonds is 2. The SMILES string of the molecule is Nc1ccc(Cl)nc1NCC(F)(F)F. The molecule has 0 aromatic carbocycles. The third-order valence-electron chi connectivity index (χ3n) is 1.35. The first-order valence-corrected chi connectivity index (χ1v) is 3.99. The monoisotopic (exact) mass is 225 g/mol. The van der Waals surface area contributed by atoms with Crippen molar-refractivity contribution in [3.05, 3.63) is 17.3 Å². The Kier molecular flexibility index (Phi) is 3.05. The summed E-state index contributed by atoms with van der Waals surface area (Å²) in [5.74, 6) is -0.0603. The van der Waals surface area contributed by atoms with Crippen LogP contribution in [0.3, 0.4) is 0 Å². The van der Waals surface area contributed by atoms with E-state index in [2.05, 4.69) is 4.98 Å². The van der Waals surface area contributed by atoms with Gasteiger partial charge in [0.1, 0.15) is 11.7 Å². The predicted octanol–water partition coefficient (Wildman–Crippen LogP) is 2.29. The summed E-state index contributed by atoms with van der Waals surface area (Å²) in [5.41, 5.74) is 5.49. The molecule has 1 aromatic heterocycles. The highest BCUT2D eigenvalue weighted by Gasteiger charge is 2.27. The van der Waals surface area contributed by atoms with Crippen molar-refractivity contribution in [2.24, 2.45) is 0 Å². The van der Waals surface area contributed by atoms with Gasteiger partial charge in [0.2, 0.25) is 0 Å². The summed E-state index contributed by atoms with van der Waals surface area (Å²) < 4.78 is 35.4. The molecule has 0 saturated carbocycles. The molecule has 0 atom stereocenters. The maximum Gasteiger partial charge on any atom is 0.405 e. The number of pyridine rings is 1. The fourth-order valence-electron chi connectivity index (χ4n) is 0.772. The number of anilines is 2. The number of nitrogens with two attached hydrogens (primary N) is 1. The molecule has 0 saturated heterocycles. The van der Waals surface area contributed by atoms with Crippen LogP contribution in [0.5, 0.6) is 0 Å². The third kappa shape index (κ3) is 3.29. The van der Waals surface area contributed by atoms with Gasteiger partial charge in [-0.2, -0.15) is 13.2 Å². The van der Waals surface area contributed by atoms with E-state index >= 15 is 0 Å². The van der Waals surface area contributed by atoms with Crippen LogP contribution < -0.4 is 11.1 Å². The van der Waals surface area contributed by atoms with E-state index in [0.29, 0.717) is 0 Å². The molecule has 0 bridgehead atoms. The molecule has 0 aliphatic carbocycles. The quantitative estimate of drug-likeness (QED) is 0.760. The summed E-state index contributed by atoms with van der Waals surface area (Å²) in [5, 5.41) is 2.14. The van der Waals surface area contributed by atoms with E-state index in [-0.39, 0.29) is 16.7 Å². The Morgan fingerprint density at radius 3 is 2.64 bits per heavy atom. The van der Waals surface area contributed by atoms with Crippen LogP contribution in [0.4, 0.5) is 24.7 Å². The second kappa shape index (κ2) is 3.91. The Morgan fingerprint density at radius 2 is 2.07 bits per heavy atom. The molecule has 1 aromatic rings. The van der Waals surface area contributed by atoms with Crippen LogP contribution in [0.1, 0.15) is 0 Å². The molecule has 0 fully saturated rings. The zero-order valence-corrected chi connectivity index (χ0v) is 7.65. The van der Waals surface area contributed by atoms with Crippen molar-refractivity contribution in [1.29, 1.82) is 0 Å². The second-order valence-corrected chi connectivity index (χ2v) is 2.93. The van der Waals surface area contributed by atoms with Crippen LogP contribution in [-0.2, 0) is 0 Å². The minimum atomic E-state index is -4.31. The zero-order chi connectivity index (χ0) is 10.8. The lowest BCUT2D eigenvalue weighted by molar-refractivity contribution is -0.115. The Hall–Kier alpha value is -1.17. The van der Waals surface area contributed by atoms with E-state index in [1.54, 1.807) is 0 Å². The predicted molar refractivity (Wildman–Crippen MR) is 48.2 cm³/mol. The smallest absolute Gasteiger partial charge is 0.396 e. The first-order valence-electron chi connectivity index (χ1n) is 3.61. The molecule has 78 valence electrons. The normalized spacial score (nSPS) is 11.4. The summed E-state index contributed by atoms with van der Waals surface area (Å²) in [7, 11) is 0. The van der Waals surface area contributed by atoms with Crippen molar-refractivity contribution in [2.45, 2.75) is 6.18 Å². The molecule has 0 radical (unpaired) electrons. The molecule has 0 aliphatic rings. The van der Waals surface area contributed by atoms with Crippen molar-refractivity contribution in [3.8, 4) is 0 Å². The fourth-order valence-corrected chi connectivity index (χ4v) is 0.919. The molecule has 0 amide bonds. The van der Waals surface area contributed by atoms with E-state index in [1.807, 2.05) is 5.32 Å². The molecular formula is C7H7ClF3N3. The number of nitrogens with zero attached hydrogens (tertiary/aromatic N) is 1. The van der Waals surface area contributed by atoms with E-state index in [4.69, 9.17) is 17.3 Å². The van der Waals surface area contributed by atoms with Crippen LogP contribution in [-0.4, -0.2) is 17.7 Å². The van der Waals surface area contributed by atoms with Gasteiger partial charge in [-0.25, -0.2) is 4.98 Å². The van der Waals surface area contributed by atoms with E-state index in [0.717, 1.165) is 0 Å². The molecule has 7 heteroatoms. The molecule has 3 nitrogen and oxygen atoms in total. The highest BCUT2D eigenvalue weighted by atomic mass is 35.5. The van der Waals surface area contributed by atoms with Gasteiger partial charge in [-0.05, 0) is 12.1 Å². The number of hydrogen-bond donors (Lipinski definition) is 2. The molecule has 0 aliphatic heterocycles. The number of nitrogens with one attached hydrogen (secondary N) is 1. The van der Waals surface area contributed by atoms with Gasteiger partial charge in [0, 0.05) is 0 Å².